The molecule has 4 heterocycles. The molecule has 0 amide bonds. The number of aromatic nitrogens is 5. The third-order valence-corrected chi connectivity index (χ3v) is 8.67. The van der Waals surface area contributed by atoms with Crippen LogP contribution in [0.2, 0.25) is 0 Å². The molecule has 0 bridgehead atoms. The summed E-state index contributed by atoms with van der Waals surface area (Å²) in [5.41, 5.74) is 4.51. The molecule has 2 aromatic carbocycles. The Labute approximate surface area is 239 Å². The van der Waals surface area contributed by atoms with Crippen LogP contribution in [0.25, 0.3) is 27.8 Å². The van der Waals surface area contributed by atoms with Gasteiger partial charge < -0.3 is 14.6 Å². The molecule has 1 fully saturated rings. The van der Waals surface area contributed by atoms with Crippen molar-refractivity contribution in [1.29, 1.82) is 0 Å². The van der Waals surface area contributed by atoms with Gasteiger partial charge in [0.05, 0.1) is 52.9 Å². The second-order valence-electron chi connectivity index (χ2n) is 11.2. The Hall–Kier alpha value is -3.84. The van der Waals surface area contributed by atoms with E-state index in [0.29, 0.717) is 5.95 Å². The SMILES string of the molecule is CC(C)(C)NS(=O)(=O)c1cccc(-c2ccc3cnc(Nc4ccc5ncn(CCN6CCOCC6)c5c4)nn23)c1. The molecule has 1 saturated heterocycles. The number of hydrogen-bond donors (Lipinski definition) is 2. The quantitative estimate of drug-likeness (QED) is 0.287. The minimum Gasteiger partial charge on any atom is -0.379 e. The Balaban J connectivity index is 1.25. The number of imidazole rings is 1. The molecule has 1 aliphatic heterocycles. The van der Waals surface area contributed by atoms with Gasteiger partial charge in [0.25, 0.3) is 0 Å². The minimum absolute atomic E-state index is 0.200. The molecule has 0 saturated carbocycles. The van der Waals surface area contributed by atoms with E-state index in [0.717, 1.165) is 72.9 Å². The van der Waals surface area contributed by atoms with Crippen molar-refractivity contribution in [1.82, 2.24) is 33.8 Å². The summed E-state index contributed by atoms with van der Waals surface area (Å²) in [6.07, 6.45) is 3.63. The van der Waals surface area contributed by atoms with E-state index in [2.05, 4.69) is 35.5 Å². The molecule has 0 spiro atoms. The molecule has 2 N–H and O–H groups in total. The van der Waals surface area contributed by atoms with E-state index < -0.39 is 15.6 Å². The van der Waals surface area contributed by atoms with E-state index in [9.17, 15) is 8.42 Å². The van der Waals surface area contributed by atoms with E-state index in [-0.39, 0.29) is 4.90 Å². The van der Waals surface area contributed by atoms with Crippen molar-refractivity contribution < 1.29 is 13.2 Å². The fourth-order valence-corrected chi connectivity index (χ4v) is 6.44. The first-order chi connectivity index (χ1) is 19.6. The Morgan fingerprint density at radius 3 is 2.61 bits per heavy atom. The highest BCUT2D eigenvalue weighted by Crippen LogP contribution is 2.26. The third kappa shape index (κ3) is 6.10. The summed E-state index contributed by atoms with van der Waals surface area (Å²) >= 11 is 0. The fraction of sp³-hybridized carbons (Fsp3) is 0.345. The van der Waals surface area contributed by atoms with Crippen LogP contribution in [0.5, 0.6) is 0 Å². The predicted octanol–water partition coefficient (Wildman–Crippen LogP) is 3.90. The number of benzene rings is 2. The van der Waals surface area contributed by atoms with Crippen LogP contribution < -0.4 is 10.0 Å². The lowest BCUT2D eigenvalue weighted by Crippen LogP contribution is -2.40. The molecule has 0 aliphatic carbocycles. The van der Waals surface area contributed by atoms with Crippen LogP contribution in [0.4, 0.5) is 11.6 Å². The standard InChI is InChI=1S/C29H34N8O3S/c1-29(2,3)34-41(38,39)24-6-4-5-21(17-24)26-10-8-23-19-30-28(33-37(23)26)32-22-7-9-25-27(18-22)36(20-31-25)12-11-35-13-15-40-16-14-35/h4-10,17-20,34H,11-16H2,1-3H3,(H,32,33). The van der Waals surface area contributed by atoms with E-state index >= 15 is 0 Å². The van der Waals surface area contributed by atoms with Gasteiger partial charge >= 0.3 is 0 Å². The Morgan fingerprint density at radius 1 is 0.976 bits per heavy atom. The maximum absolute atomic E-state index is 12.9. The second kappa shape index (κ2) is 10.9. The van der Waals surface area contributed by atoms with Crippen LogP contribution in [0.1, 0.15) is 20.8 Å². The molecule has 0 radical (unpaired) electrons. The van der Waals surface area contributed by atoms with Gasteiger partial charge in [0, 0.05) is 43.0 Å². The molecule has 0 atom stereocenters. The Kier molecular flexibility index (Phi) is 7.24. The monoisotopic (exact) mass is 574 g/mol. The molecule has 3 aromatic heterocycles. The topological polar surface area (TPSA) is 119 Å². The van der Waals surface area contributed by atoms with Crippen molar-refractivity contribution >= 4 is 38.2 Å². The van der Waals surface area contributed by atoms with E-state index in [1.807, 2.05) is 57.4 Å². The number of rotatable bonds is 8. The number of nitrogens with one attached hydrogen (secondary N) is 2. The van der Waals surface area contributed by atoms with Gasteiger partial charge in [0.1, 0.15) is 0 Å². The van der Waals surface area contributed by atoms with E-state index in [1.54, 1.807) is 28.9 Å². The number of hydrogen-bond acceptors (Lipinski definition) is 8. The molecule has 0 unspecified atom stereocenters. The van der Waals surface area contributed by atoms with Gasteiger partial charge in [-0.15, -0.1) is 5.10 Å². The van der Waals surface area contributed by atoms with Crippen LogP contribution >= 0.6 is 0 Å². The van der Waals surface area contributed by atoms with Gasteiger partial charge in [-0.1, -0.05) is 12.1 Å². The van der Waals surface area contributed by atoms with Crippen molar-refractivity contribution in [3.05, 3.63) is 67.1 Å². The van der Waals surface area contributed by atoms with Crippen molar-refractivity contribution in [2.75, 3.05) is 38.2 Å². The lowest BCUT2D eigenvalue weighted by molar-refractivity contribution is 0.0365. The summed E-state index contributed by atoms with van der Waals surface area (Å²) in [5, 5.41) is 8.06. The minimum atomic E-state index is -3.68. The zero-order valence-electron chi connectivity index (χ0n) is 23.4. The molecule has 6 rings (SSSR count). The summed E-state index contributed by atoms with van der Waals surface area (Å²) in [5.74, 6) is 0.423. The molecule has 41 heavy (non-hydrogen) atoms. The zero-order valence-corrected chi connectivity index (χ0v) is 24.2. The maximum atomic E-state index is 12.9. The molecule has 12 heteroatoms. The average molecular weight is 575 g/mol. The van der Waals surface area contributed by atoms with Gasteiger partial charge in [-0.25, -0.2) is 27.6 Å². The summed E-state index contributed by atoms with van der Waals surface area (Å²) in [4.78, 5) is 11.7. The highest BCUT2D eigenvalue weighted by molar-refractivity contribution is 7.89. The lowest BCUT2D eigenvalue weighted by Gasteiger charge is -2.26. The predicted molar refractivity (Wildman–Crippen MR) is 159 cm³/mol. The van der Waals surface area contributed by atoms with Crippen LogP contribution in [0.15, 0.2) is 72.0 Å². The van der Waals surface area contributed by atoms with Crippen LogP contribution in [0.3, 0.4) is 0 Å². The molecule has 5 aromatic rings. The maximum Gasteiger partial charge on any atom is 0.245 e. The third-order valence-electron chi connectivity index (χ3n) is 6.92. The van der Waals surface area contributed by atoms with Gasteiger partial charge in [0.2, 0.25) is 16.0 Å². The summed E-state index contributed by atoms with van der Waals surface area (Å²) in [6.45, 7) is 10.7. The first kappa shape index (κ1) is 27.3. The normalized spacial score (nSPS) is 15.1. The molecular weight excluding hydrogens is 540 g/mol. The van der Waals surface area contributed by atoms with Gasteiger partial charge in [-0.3, -0.25) is 4.90 Å². The Bertz CT molecular complexity index is 1800. The number of sulfonamides is 1. The van der Waals surface area contributed by atoms with Crippen LogP contribution in [0, 0.1) is 0 Å². The second-order valence-corrected chi connectivity index (χ2v) is 12.9. The number of fused-ring (bicyclic) bond motifs is 2. The Morgan fingerprint density at radius 2 is 1.80 bits per heavy atom. The fourth-order valence-electron chi connectivity index (χ4n) is 4.98. The van der Waals surface area contributed by atoms with E-state index in [4.69, 9.17) is 9.84 Å². The summed E-state index contributed by atoms with van der Waals surface area (Å²) in [7, 11) is -3.68. The number of nitrogens with zero attached hydrogens (tertiary/aromatic N) is 6. The van der Waals surface area contributed by atoms with E-state index in [1.165, 1.54) is 0 Å². The van der Waals surface area contributed by atoms with Crippen molar-refractivity contribution in [2.24, 2.45) is 0 Å². The lowest BCUT2D eigenvalue weighted by atomic mass is 10.1. The molecule has 1 aliphatic rings. The molecule has 214 valence electrons. The highest BCUT2D eigenvalue weighted by Gasteiger charge is 2.22. The average Bonchev–Trinajstić information content (AvgIpc) is 3.55. The van der Waals surface area contributed by atoms with Crippen molar-refractivity contribution in [3.63, 3.8) is 0 Å². The van der Waals surface area contributed by atoms with Gasteiger partial charge in [0.15, 0.2) is 0 Å². The van der Waals surface area contributed by atoms with Gasteiger partial charge in [-0.2, -0.15) is 0 Å². The summed E-state index contributed by atoms with van der Waals surface area (Å²) in [6, 6.07) is 16.7. The smallest absolute Gasteiger partial charge is 0.245 e. The van der Waals surface area contributed by atoms with Crippen molar-refractivity contribution in [2.45, 2.75) is 37.8 Å². The number of ether oxygens (including phenoxy) is 1. The van der Waals surface area contributed by atoms with Crippen LogP contribution in [-0.4, -0.2) is 75.9 Å². The largest absolute Gasteiger partial charge is 0.379 e. The van der Waals surface area contributed by atoms with Crippen LogP contribution in [-0.2, 0) is 21.3 Å². The number of anilines is 2. The van der Waals surface area contributed by atoms with Gasteiger partial charge in [-0.05, 0) is 63.2 Å². The molecular formula is C29H34N8O3S. The first-order valence-electron chi connectivity index (χ1n) is 13.7. The highest BCUT2D eigenvalue weighted by atomic mass is 32.2. The van der Waals surface area contributed by atoms with Crippen molar-refractivity contribution in [3.8, 4) is 11.3 Å². The zero-order chi connectivity index (χ0) is 28.6. The summed E-state index contributed by atoms with van der Waals surface area (Å²) < 4.78 is 38.0. The molecule has 11 nitrogen and oxygen atoms in total. The number of morpholine rings is 1. The first-order valence-corrected chi connectivity index (χ1v) is 15.1.